The molecule has 1 heterocycles. The van der Waals surface area contributed by atoms with E-state index in [1.165, 1.54) is 24.0 Å². The summed E-state index contributed by atoms with van der Waals surface area (Å²) in [5.74, 6) is 0.843. The summed E-state index contributed by atoms with van der Waals surface area (Å²) in [6.45, 7) is 2.81. The number of fused-ring (bicyclic) bond motifs is 1. The maximum atomic E-state index is 10.4. The number of aliphatic hydroxyl groups is 1. The molecule has 3 rings (SSSR count). The van der Waals surface area contributed by atoms with Gasteiger partial charge in [0.1, 0.15) is 12.2 Å². The lowest BCUT2D eigenvalue weighted by Crippen LogP contribution is -2.09. The van der Waals surface area contributed by atoms with Gasteiger partial charge in [-0.15, -0.1) is 0 Å². The second-order valence-electron chi connectivity index (χ2n) is 5.09. The van der Waals surface area contributed by atoms with Gasteiger partial charge in [-0.25, -0.2) is 4.98 Å². The highest BCUT2D eigenvalue weighted by Crippen LogP contribution is 2.26. The third kappa shape index (κ3) is 2.40. The monoisotopic (exact) mass is 257 g/mol. The molecule has 19 heavy (non-hydrogen) atoms. The Labute approximate surface area is 113 Å². The minimum Gasteiger partial charge on any atom is -0.388 e. The Morgan fingerprint density at radius 1 is 1.32 bits per heavy atom. The predicted molar refractivity (Wildman–Crippen MR) is 72.8 cm³/mol. The van der Waals surface area contributed by atoms with Crippen LogP contribution in [0.4, 0.5) is 0 Å². The number of hydrogen-bond acceptors (Lipinski definition) is 3. The average Bonchev–Trinajstić information content (AvgIpc) is 3.05. The lowest BCUT2D eigenvalue weighted by molar-refractivity contribution is 0.174. The van der Waals surface area contributed by atoms with Crippen molar-refractivity contribution in [1.29, 1.82) is 0 Å². The summed E-state index contributed by atoms with van der Waals surface area (Å²) in [5, 5.41) is 14.5. The van der Waals surface area contributed by atoms with Gasteiger partial charge < -0.3 is 5.11 Å². The summed E-state index contributed by atoms with van der Waals surface area (Å²) in [6, 6.07) is 6.35. The van der Waals surface area contributed by atoms with Crippen LogP contribution in [0, 0.1) is 0 Å². The molecule has 100 valence electrons. The molecule has 1 aromatic heterocycles. The summed E-state index contributed by atoms with van der Waals surface area (Å²) in [4.78, 5) is 4.22. The second-order valence-corrected chi connectivity index (χ2v) is 5.09. The van der Waals surface area contributed by atoms with Gasteiger partial charge in [-0.1, -0.05) is 18.2 Å². The molecule has 0 amide bonds. The van der Waals surface area contributed by atoms with Crippen LogP contribution in [-0.2, 0) is 25.8 Å². The standard InChI is InChI=1S/C15H19N3O/c1-2-18-15(16-10-17-18)9-14(19)13-7-6-11-4-3-5-12(11)8-13/h6-8,10,14,19H,2-5,9H2,1H3. The van der Waals surface area contributed by atoms with E-state index >= 15 is 0 Å². The molecular formula is C15H19N3O. The molecule has 0 aliphatic heterocycles. The Morgan fingerprint density at radius 3 is 3.00 bits per heavy atom. The van der Waals surface area contributed by atoms with E-state index in [-0.39, 0.29) is 0 Å². The number of aromatic nitrogens is 3. The lowest BCUT2D eigenvalue weighted by Gasteiger charge is -2.12. The van der Waals surface area contributed by atoms with Crippen LogP contribution in [-0.4, -0.2) is 19.9 Å². The zero-order valence-corrected chi connectivity index (χ0v) is 11.2. The van der Waals surface area contributed by atoms with Crippen LogP contribution in [0.15, 0.2) is 24.5 Å². The Bertz CT molecular complexity index is 577. The molecule has 1 aliphatic carbocycles. The maximum absolute atomic E-state index is 10.4. The van der Waals surface area contributed by atoms with Gasteiger partial charge in [-0.2, -0.15) is 5.10 Å². The first kappa shape index (κ1) is 12.4. The number of aliphatic hydroxyl groups excluding tert-OH is 1. The summed E-state index contributed by atoms with van der Waals surface area (Å²) in [6.07, 6.45) is 5.12. The van der Waals surface area contributed by atoms with Gasteiger partial charge in [0.15, 0.2) is 0 Å². The van der Waals surface area contributed by atoms with Crippen molar-refractivity contribution in [3.8, 4) is 0 Å². The molecule has 4 nitrogen and oxygen atoms in total. The number of benzene rings is 1. The molecule has 1 aromatic carbocycles. The van der Waals surface area contributed by atoms with Crippen LogP contribution in [0.5, 0.6) is 0 Å². The fourth-order valence-electron chi connectivity index (χ4n) is 2.80. The van der Waals surface area contributed by atoms with Crippen LogP contribution >= 0.6 is 0 Å². The fraction of sp³-hybridized carbons (Fsp3) is 0.467. The summed E-state index contributed by atoms with van der Waals surface area (Å²) < 4.78 is 1.83. The van der Waals surface area contributed by atoms with Crippen LogP contribution in [0.3, 0.4) is 0 Å². The molecule has 0 saturated heterocycles. The number of rotatable bonds is 4. The minimum absolute atomic E-state index is 0.500. The molecular weight excluding hydrogens is 238 g/mol. The highest BCUT2D eigenvalue weighted by atomic mass is 16.3. The van der Waals surface area contributed by atoms with E-state index in [4.69, 9.17) is 0 Å². The zero-order valence-electron chi connectivity index (χ0n) is 11.2. The van der Waals surface area contributed by atoms with Crippen LogP contribution in [0.1, 0.15) is 42.0 Å². The summed E-state index contributed by atoms with van der Waals surface area (Å²) in [5.41, 5.74) is 3.83. The van der Waals surface area contributed by atoms with E-state index in [2.05, 4.69) is 22.2 Å². The van der Waals surface area contributed by atoms with Crippen molar-refractivity contribution in [2.45, 2.75) is 45.3 Å². The average molecular weight is 257 g/mol. The Balaban J connectivity index is 1.79. The molecule has 0 spiro atoms. The second kappa shape index (κ2) is 5.13. The fourth-order valence-corrected chi connectivity index (χ4v) is 2.80. The molecule has 0 saturated carbocycles. The quantitative estimate of drug-likeness (QED) is 0.912. The maximum Gasteiger partial charge on any atom is 0.138 e. The topological polar surface area (TPSA) is 50.9 Å². The van der Waals surface area contributed by atoms with Gasteiger partial charge in [-0.3, -0.25) is 4.68 Å². The summed E-state index contributed by atoms with van der Waals surface area (Å²) >= 11 is 0. The smallest absolute Gasteiger partial charge is 0.138 e. The molecule has 0 fully saturated rings. The molecule has 2 aromatic rings. The first-order chi connectivity index (χ1) is 9.28. The van der Waals surface area contributed by atoms with Crippen molar-refractivity contribution in [3.63, 3.8) is 0 Å². The van der Waals surface area contributed by atoms with Crippen molar-refractivity contribution in [2.24, 2.45) is 0 Å². The van der Waals surface area contributed by atoms with Crippen molar-refractivity contribution < 1.29 is 5.11 Å². The number of aryl methyl sites for hydroxylation is 3. The van der Waals surface area contributed by atoms with Crippen molar-refractivity contribution in [1.82, 2.24) is 14.8 Å². The first-order valence-electron chi connectivity index (χ1n) is 6.94. The molecule has 1 unspecified atom stereocenters. The van der Waals surface area contributed by atoms with Crippen LogP contribution < -0.4 is 0 Å². The molecule has 1 atom stereocenters. The number of hydrogen-bond donors (Lipinski definition) is 1. The van der Waals surface area contributed by atoms with E-state index in [0.717, 1.165) is 24.4 Å². The Morgan fingerprint density at radius 2 is 2.16 bits per heavy atom. The molecule has 1 aliphatic rings. The van der Waals surface area contributed by atoms with E-state index in [9.17, 15) is 5.11 Å². The molecule has 1 N–H and O–H groups in total. The van der Waals surface area contributed by atoms with Crippen molar-refractivity contribution >= 4 is 0 Å². The zero-order chi connectivity index (χ0) is 13.2. The molecule has 0 bridgehead atoms. The Hall–Kier alpha value is -1.68. The van der Waals surface area contributed by atoms with E-state index < -0.39 is 6.10 Å². The van der Waals surface area contributed by atoms with E-state index in [1.54, 1.807) is 6.33 Å². The largest absolute Gasteiger partial charge is 0.388 e. The summed E-state index contributed by atoms with van der Waals surface area (Å²) in [7, 11) is 0. The van der Waals surface area contributed by atoms with Gasteiger partial charge in [-0.05, 0) is 42.9 Å². The molecule has 0 radical (unpaired) electrons. The van der Waals surface area contributed by atoms with E-state index in [1.807, 2.05) is 17.7 Å². The third-order valence-corrected chi connectivity index (χ3v) is 3.88. The van der Waals surface area contributed by atoms with Gasteiger partial charge in [0.2, 0.25) is 0 Å². The van der Waals surface area contributed by atoms with Crippen molar-refractivity contribution in [2.75, 3.05) is 0 Å². The van der Waals surface area contributed by atoms with Gasteiger partial charge >= 0.3 is 0 Å². The highest BCUT2D eigenvalue weighted by molar-refractivity contribution is 5.36. The van der Waals surface area contributed by atoms with Crippen LogP contribution in [0.25, 0.3) is 0 Å². The van der Waals surface area contributed by atoms with Crippen molar-refractivity contribution in [3.05, 3.63) is 47.0 Å². The number of nitrogens with zero attached hydrogens (tertiary/aromatic N) is 3. The normalized spacial score (nSPS) is 15.5. The third-order valence-electron chi connectivity index (χ3n) is 3.88. The Kier molecular flexibility index (Phi) is 3.34. The van der Waals surface area contributed by atoms with Gasteiger partial charge in [0, 0.05) is 13.0 Å². The predicted octanol–water partition coefficient (Wildman–Crippen LogP) is 2.06. The minimum atomic E-state index is -0.500. The lowest BCUT2D eigenvalue weighted by atomic mass is 10.0. The SMILES string of the molecule is CCn1ncnc1CC(O)c1ccc2c(c1)CCC2. The van der Waals surface area contributed by atoms with Crippen LogP contribution in [0.2, 0.25) is 0 Å². The van der Waals surface area contributed by atoms with Gasteiger partial charge in [0.05, 0.1) is 6.10 Å². The molecule has 4 heteroatoms. The highest BCUT2D eigenvalue weighted by Gasteiger charge is 2.16. The van der Waals surface area contributed by atoms with E-state index in [0.29, 0.717) is 6.42 Å². The first-order valence-corrected chi connectivity index (χ1v) is 6.94. The van der Waals surface area contributed by atoms with Gasteiger partial charge in [0.25, 0.3) is 0 Å².